The van der Waals surface area contributed by atoms with Gasteiger partial charge in [-0.3, -0.25) is 9.59 Å². The molecule has 1 atom stereocenters. The highest BCUT2D eigenvalue weighted by atomic mass is 16.2. The van der Waals surface area contributed by atoms with Crippen molar-refractivity contribution in [3.05, 3.63) is 71.3 Å². The maximum absolute atomic E-state index is 12.1. The molecule has 0 radical (unpaired) electrons. The summed E-state index contributed by atoms with van der Waals surface area (Å²) >= 11 is 0. The molecule has 1 amide bonds. The van der Waals surface area contributed by atoms with E-state index in [0.29, 0.717) is 5.56 Å². The highest BCUT2D eigenvalue weighted by Gasteiger charge is 2.23. The van der Waals surface area contributed by atoms with Crippen LogP contribution in [0.2, 0.25) is 0 Å². The number of carbonyl (C=O) groups excluding carboxylic acids is 2. The van der Waals surface area contributed by atoms with Crippen molar-refractivity contribution >= 4 is 11.7 Å². The maximum atomic E-state index is 12.1. The second-order valence-electron chi connectivity index (χ2n) is 5.65. The number of nitrogens with one attached hydrogen (secondary N) is 1. The van der Waals surface area contributed by atoms with E-state index >= 15 is 0 Å². The van der Waals surface area contributed by atoms with E-state index in [4.69, 9.17) is 0 Å². The third kappa shape index (κ3) is 3.25. The van der Waals surface area contributed by atoms with E-state index in [9.17, 15) is 9.59 Å². The molecule has 1 aliphatic carbocycles. The average Bonchev–Trinajstić information content (AvgIpc) is 2.97. The van der Waals surface area contributed by atoms with Crippen LogP contribution >= 0.6 is 0 Å². The summed E-state index contributed by atoms with van der Waals surface area (Å²) in [6, 6.07) is 17.4. The number of ketones is 1. The smallest absolute Gasteiger partial charge is 0.220 e. The van der Waals surface area contributed by atoms with Gasteiger partial charge in [0.15, 0.2) is 5.78 Å². The topological polar surface area (TPSA) is 46.2 Å². The molecule has 0 saturated heterocycles. The maximum Gasteiger partial charge on any atom is 0.220 e. The molecule has 0 saturated carbocycles. The Bertz CT molecular complexity index is 679. The van der Waals surface area contributed by atoms with Crippen molar-refractivity contribution in [2.24, 2.45) is 0 Å². The molecule has 0 aliphatic heterocycles. The van der Waals surface area contributed by atoms with Gasteiger partial charge in [-0.15, -0.1) is 0 Å². The first kappa shape index (κ1) is 14.5. The van der Waals surface area contributed by atoms with Crippen LogP contribution < -0.4 is 5.32 Å². The monoisotopic (exact) mass is 293 g/mol. The molecule has 0 bridgehead atoms. The molecule has 1 aliphatic rings. The summed E-state index contributed by atoms with van der Waals surface area (Å²) in [5.41, 5.74) is 3.19. The number of fused-ring (bicyclic) bond motifs is 1. The second kappa shape index (κ2) is 6.56. The zero-order valence-corrected chi connectivity index (χ0v) is 12.4. The van der Waals surface area contributed by atoms with Gasteiger partial charge >= 0.3 is 0 Å². The molecule has 22 heavy (non-hydrogen) atoms. The predicted molar refractivity (Wildman–Crippen MR) is 85.7 cm³/mol. The van der Waals surface area contributed by atoms with Gasteiger partial charge in [0.1, 0.15) is 0 Å². The molecule has 2 aromatic rings. The molecule has 1 N–H and O–H groups in total. The van der Waals surface area contributed by atoms with Crippen LogP contribution in [0, 0.1) is 0 Å². The molecule has 3 nitrogen and oxygen atoms in total. The number of Topliss-reactive ketones (excluding diaryl/α,β-unsaturated/α-hetero) is 1. The van der Waals surface area contributed by atoms with E-state index < -0.39 is 0 Å². The number of amides is 1. The fraction of sp³-hybridized carbons (Fsp3) is 0.263. The molecular weight excluding hydrogens is 274 g/mol. The number of hydrogen-bond acceptors (Lipinski definition) is 2. The average molecular weight is 293 g/mol. The van der Waals surface area contributed by atoms with E-state index in [0.717, 1.165) is 12.8 Å². The van der Waals surface area contributed by atoms with Crippen molar-refractivity contribution in [3.8, 4) is 0 Å². The van der Waals surface area contributed by atoms with Crippen molar-refractivity contribution in [3.63, 3.8) is 0 Å². The number of aryl methyl sites for hydroxylation is 1. The zero-order chi connectivity index (χ0) is 15.4. The van der Waals surface area contributed by atoms with Gasteiger partial charge in [-0.1, -0.05) is 54.6 Å². The first-order valence-corrected chi connectivity index (χ1v) is 7.69. The SMILES string of the molecule is O=C(CCC(=O)c1ccccc1)N[C@H]1CCc2ccccc21. The minimum absolute atomic E-state index is 0.0163. The Kier molecular flexibility index (Phi) is 4.33. The first-order chi connectivity index (χ1) is 10.7. The lowest BCUT2D eigenvalue weighted by Gasteiger charge is -2.14. The van der Waals surface area contributed by atoms with Crippen molar-refractivity contribution in [1.82, 2.24) is 5.32 Å². The van der Waals surface area contributed by atoms with Gasteiger partial charge in [0.05, 0.1) is 6.04 Å². The summed E-state index contributed by atoms with van der Waals surface area (Å²) in [5, 5.41) is 3.05. The van der Waals surface area contributed by atoms with Crippen LogP contribution in [-0.2, 0) is 11.2 Å². The Morgan fingerprint density at radius 2 is 1.68 bits per heavy atom. The third-order valence-electron chi connectivity index (χ3n) is 4.14. The van der Waals surface area contributed by atoms with Gasteiger partial charge in [0.2, 0.25) is 5.91 Å². The van der Waals surface area contributed by atoms with E-state index in [-0.39, 0.29) is 30.6 Å². The van der Waals surface area contributed by atoms with Gasteiger partial charge in [-0.25, -0.2) is 0 Å². The van der Waals surface area contributed by atoms with Gasteiger partial charge in [-0.2, -0.15) is 0 Å². The normalized spacial score (nSPS) is 16.1. The first-order valence-electron chi connectivity index (χ1n) is 7.69. The fourth-order valence-corrected chi connectivity index (χ4v) is 2.97. The van der Waals surface area contributed by atoms with Gasteiger partial charge in [-0.05, 0) is 24.0 Å². The van der Waals surface area contributed by atoms with Crippen molar-refractivity contribution < 1.29 is 9.59 Å². The number of hydrogen-bond donors (Lipinski definition) is 1. The van der Waals surface area contributed by atoms with Crippen LogP contribution in [0.5, 0.6) is 0 Å². The summed E-state index contributed by atoms with van der Waals surface area (Å²) in [6.07, 6.45) is 2.44. The van der Waals surface area contributed by atoms with Crippen LogP contribution in [0.15, 0.2) is 54.6 Å². The molecule has 3 rings (SSSR count). The predicted octanol–water partition coefficient (Wildman–Crippen LogP) is 3.45. The Morgan fingerprint density at radius 1 is 0.955 bits per heavy atom. The zero-order valence-electron chi connectivity index (χ0n) is 12.4. The number of carbonyl (C=O) groups is 2. The van der Waals surface area contributed by atoms with Crippen LogP contribution in [0.3, 0.4) is 0 Å². The van der Waals surface area contributed by atoms with Crippen molar-refractivity contribution in [2.45, 2.75) is 31.7 Å². The highest BCUT2D eigenvalue weighted by Crippen LogP contribution is 2.30. The van der Waals surface area contributed by atoms with E-state index in [1.807, 2.05) is 30.3 Å². The van der Waals surface area contributed by atoms with Gasteiger partial charge in [0, 0.05) is 18.4 Å². The molecule has 112 valence electrons. The number of benzene rings is 2. The standard InChI is InChI=1S/C19H19NO2/c21-18(15-7-2-1-3-8-15)12-13-19(22)20-17-11-10-14-6-4-5-9-16(14)17/h1-9,17H,10-13H2,(H,20,22)/t17-/m0/s1. The van der Waals surface area contributed by atoms with E-state index in [1.165, 1.54) is 11.1 Å². The highest BCUT2D eigenvalue weighted by molar-refractivity contribution is 5.97. The van der Waals surface area contributed by atoms with Crippen LogP contribution in [0.1, 0.15) is 46.8 Å². The van der Waals surface area contributed by atoms with Crippen molar-refractivity contribution in [1.29, 1.82) is 0 Å². The lowest BCUT2D eigenvalue weighted by atomic mass is 10.1. The quantitative estimate of drug-likeness (QED) is 0.858. The fourth-order valence-electron chi connectivity index (χ4n) is 2.97. The van der Waals surface area contributed by atoms with Gasteiger partial charge < -0.3 is 5.32 Å². The number of rotatable bonds is 5. The van der Waals surface area contributed by atoms with E-state index in [1.54, 1.807) is 12.1 Å². The molecule has 0 aromatic heterocycles. The molecule has 0 unspecified atom stereocenters. The second-order valence-corrected chi connectivity index (χ2v) is 5.65. The molecule has 0 fully saturated rings. The van der Waals surface area contributed by atoms with Crippen molar-refractivity contribution in [2.75, 3.05) is 0 Å². The summed E-state index contributed by atoms with van der Waals surface area (Å²) in [7, 11) is 0. The minimum Gasteiger partial charge on any atom is -0.349 e. The molecular formula is C19H19NO2. The molecule has 2 aromatic carbocycles. The minimum atomic E-state index is -0.0500. The summed E-state index contributed by atoms with van der Waals surface area (Å²) in [5.74, 6) is -0.0337. The Hall–Kier alpha value is -2.42. The van der Waals surface area contributed by atoms with Crippen LogP contribution in [-0.4, -0.2) is 11.7 Å². The summed E-state index contributed by atoms with van der Waals surface area (Å²) < 4.78 is 0. The van der Waals surface area contributed by atoms with E-state index in [2.05, 4.69) is 17.4 Å². The van der Waals surface area contributed by atoms with Crippen LogP contribution in [0.4, 0.5) is 0 Å². The summed E-state index contributed by atoms with van der Waals surface area (Å²) in [6.45, 7) is 0. The lowest BCUT2D eigenvalue weighted by molar-refractivity contribution is -0.121. The van der Waals surface area contributed by atoms with Crippen LogP contribution in [0.25, 0.3) is 0 Å². The molecule has 0 heterocycles. The molecule has 0 spiro atoms. The Balaban J connectivity index is 1.53. The Morgan fingerprint density at radius 3 is 2.50 bits per heavy atom. The Labute approximate surface area is 130 Å². The largest absolute Gasteiger partial charge is 0.349 e. The van der Waals surface area contributed by atoms with Gasteiger partial charge in [0.25, 0.3) is 0 Å². The third-order valence-corrected chi connectivity index (χ3v) is 4.14. The molecule has 3 heteroatoms. The summed E-state index contributed by atoms with van der Waals surface area (Å²) in [4.78, 5) is 24.1. The lowest BCUT2D eigenvalue weighted by Crippen LogP contribution is -2.27.